The summed E-state index contributed by atoms with van der Waals surface area (Å²) in [4.78, 5) is 4.88. The fourth-order valence-electron chi connectivity index (χ4n) is 5.50. The van der Waals surface area contributed by atoms with Gasteiger partial charge >= 0.3 is 0 Å². The number of rotatable bonds is 3. The molecule has 0 radical (unpaired) electrons. The highest BCUT2D eigenvalue weighted by Gasteiger charge is 2.37. The molecule has 30 heavy (non-hydrogen) atoms. The molecule has 1 nitrogen and oxygen atoms in total. The molecule has 0 aliphatic heterocycles. The Morgan fingerprint density at radius 2 is 0.967 bits per heavy atom. The molecule has 1 heteroatoms. The summed E-state index contributed by atoms with van der Waals surface area (Å²) in [5, 5.41) is 0. The van der Waals surface area contributed by atoms with Crippen molar-refractivity contribution in [1.29, 1.82) is 0 Å². The summed E-state index contributed by atoms with van der Waals surface area (Å²) in [6, 6.07) is 13.8. The predicted molar refractivity (Wildman–Crippen MR) is 129 cm³/mol. The summed E-state index contributed by atoms with van der Waals surface area (Å²) in [6.45, 7) is 14.5. The number of hydrogen-bond donors (Lipinski definition) is 0. The van der Waals surface area contributed by atoms with Crippen molar-refractivity contribution >= 4 is 0 Å². The van der Waals surface area contributed by atoms with Gasteiger partial charge in [-0.1, -0.05) is 71.9 Å². The summed E-state index contributed by atoms with van der Waals surface area (Å²) < 4.78 is 0. The Kier molecular flexibility index (Phi) is 5.40. The molecule has 0 atom stereocenters. The third-order valence-electron chi connectivity index (χ3n) is 8.75. The topological polar surface area (TPSA) is 12.9 Å². The Morgan fingerprint density at radius 3 is 1.40 bits per heavy atom. The van der Waals surface area contributed by atoms with Crippen LogP contribution in [0.15, 0.2) is 42.6 Å². The van der Waals surface area contributed by atoms with E-state index in [2.05, 4.69) is 84.1 Å². The second-order valence-electron chi connectivity index (χ2n) is 12.5. The van der Waals surface area contributed by atoms with Crippen LogP contribution in [-0.2, 0) is 10.8 Å². The first-order valence-electron chi connectivity index (χ1n) is 12.1. The molecule has 1 heterocycles. The third kappa shape index (κ3) is 4.36. The zero-order valence-electron chi connectivity index (χ0n) is 20.1. The maximum absolute atomic E-state index is 4.88. The first-order chi connectivity index (χ1) is 14.0. The van der Waals surface area contributed by atoms with Gasteiger partial charge in [0.2, 0.25) is 0 Å². The highest BCUT2D eigenvalue weighted by atomic mass is 14.7. The molecule has 2 saturated carbocycles. The van der Waals surface area contributed by atoms with Crippen LogP contribution in [0.2, 0.25) is 0 Å². The number of pyridine rings is 1. The minimum atomic E-state index is 0.286. The summed E-state index contributed by atoms with van der Waals surface area (Å²) in [7, 11) is 0. The van der Waals surface area contributed by atoms with Crippen LogP contribution in [0.4, 0.5) is 0 Å². The maximum atomic E-state index is 4.88. The largest absolute Gasteiger partial charge is 0.256 e. The van der Waals surface area contributed by atoms with Crippen LogP contribution in [-0.4, -0.2) is 4.98 Å². The van der Waals surface area contributed by atoms with Crippen molar-refractivity contribution in [2.24, 2.45) is 10.8 Å². The quantitative estimate of drug-likeness (QED) is 0.501. The van der Waals surface area contributed by atoms with Crippen molar-refractivity contribution < 1.29 is 0 Å². The van der Waals surface area contributed by atoms with Crippen LogP contribution >= 0.6 is 0 Å². The molecule has 0 unspecified atom stereocenters. The normalized spacial score (nSPS) is 24.3. The van der Waals surface area contributed by atoms with Gasteiger partial charge in [0.25, 0.3) is 0 Å². The lowest BCUT2D eigenvalue weighted by Gasteiger charge is -2.42. The number of hydrogen-bond acceptors (Lipinski definition) is 1. The molecule has 0 amide bonds. The Labute approximate surface area is 184 Å². The number of nitrogens with zero attached hydrogens (tertiary/aromatic N) is 1. The second kappa shape index (κ2) is 7.50. The fourth-order valence-corrected chi connectivity index (χ4v) is 5.50. The van der Waals surface area contributed by atoms with Gasteiger partial charge in [-0.05, 0) is 90.2 Å². The van der Waals surface area contributed by atoms with E-state index in [-0.39, 0.29) is 5.41 Å². The van der Waals surface area contributed by atoms with Gasteiger partial charge in [0.1, 0.15) is 0 Å². The van der Waals surface area contributed by atoms with Gasteiger partial charge in [-0.3, -0.25) is 4.98 Å². The van der Waals surface area contributed by atoms with Gasteiger partial charge in [-0.25, -0.2) is 0 Å². The minimum absolute atomic E-state index is 0.286. The lowest BCUT2D eigenvalue weighted by atomic mass is 9.63. The smallest absolute Gasteiger partial charge is 0.0702 e. The molecule has 0 saturated heterocycles. The average Bonchev–Trinajstić information content (AvgIpc) is 2.73. The SMILES string of the molecule is CC1(C)CCC(C)(c2ccc(-c3ccc(C4(C)CCC(C)(C)CC4)cn3)cc2)CC1. The van der Waals surface area contributed by atoms with Crippen molar-refractivity contribution in [1.82, 2.24) is 4.98 Å². The number of benzene rings is 1. The molecule has 162 valence electrons. The molecule has 1 aromatic heterocycles. The highest BCUT2D eigenvalue weighted by molar-refractivity contribution is 5.60. The van der Waals surface area contributed by atoms with E-state index in [1.807, 2.05) is 0 Å². The zero-order valence-corrected chi connectivity index (χ0v) is 20.1. The lowest BCUT2D eigenvalue weighted by molar-refractivity contribution is 0.173. The van der Waals surface area contributed by atoms with Gasteiger partial charge in [-0.15, -0.1) is 0 Å². The Bertz CT molecular complexity index is 774. The average molecular weight is 404 g/mol. The number of aromatic nitrogens is 1. The molecule has 2 aromatic rings. The van der Waals surface area contributed by atoms with E-state index in [0.29, 0.717) is 16.2 Å². The second-order valence-corrected chi connectivity index (χ2v) is 12.5. The Hall–Kier alpha value is -1.63. The van der Waals surface area contributed by atoms with E-state index < -0.39 is 0 Å². The molecular weight excluding hydrogens is 362 g/mol. The molecule has 0 spiro atoms. The molecule has 1 aromatic carbocycles. The minimum Gasteiger partial charge on any atom is -0.256 e. The molecule has 4 rings (SSSR count). The molecule has 0 bridgehead atoms. The fraction of sp³-hybridized carbons (Fsp3) is 0.621. The predicted octanol–water partition coefficient (Wildman–Crippen LogP) is 8.46. The standard InChI is InChI=1S/C29H41N/c1-26(2)13-17-28(5,18-14-26)23-9-7-22(8-10-23)25-12-11-24(21-30-25)29(6)19-15-27(3,4)16-20-29/h7-12,21H,13-20H2,1-6H3. The van der Waals surface area contributed by atoms with E-state index in [1.165, 1.54) is 68.1 Å². The van der Waals surface area contributed by atoms with Crippen molar-refractivity contribution in [2.45, 2.75) is 104 Å². The van der Waals surface area contributed by atoms with E-state index in [9.17, 15) is 0 Å². The van der Waals surface area contributed by atoms with Crippen LogP contribution in [0.25, 0.3) is 11.3 Å². The van der Waals surface area contributed by atoms with Gasteiger partial charge in [0.15, 0.2) is 0 Å². The maximum Gasteiger partial charge on any atom is 0.0702 e. The molecule has 2 aliphatic carbocycles. The van der Waals surface area contributed by atoms with E-state index in [0.717, 1.165) is 5.69 Å². The molecule has 2 fully saturated rings. The van der Waals surface area contributed by atoms with E-state index in [1.54, 1.807) is 0 Å². The summed E-state index contributed by atoms with van der Waals surface area (Å²) in [5.74, 6) is 0. The van der Waals surface area contributed by atoms with E-state index in [4.69, 9.17) is 4.98 Å². The van der Waals surface area contributed by atoms with Crippen LogP contribution in [0.3, 0.4) is 0 Å². The Morgan fingerprint density at radius 1 is 0.533 bits per heavy atom. The van der Waals surface area contributed by atoms with Crippen molar-refractivity contribution in [3.63, 3.8) is 0 Å². The monoisotopic (exact) mass is 403 g/mol. The Balaban J connectivity index is 1.48. The first kappa shape index (κ1) is 21.6. The first-order valence-corrected chi connectivity index (χ1v) is 12.1. The van der Waals surface area contributed by atoms with Crippen LogP contribution < -0.4 is 0 Å². The molecular formula is C29H41N. The lowest BCUT2D eigenvalue weighted by Crippen LogP contribution is -2.32. The third-order valence-corrected chi connectivity index (χ3v) is 8.75. The van der Waals surface area contributed by atoms with Crippen LogP contribution in [0, 0.1) is 10.8 Å². The summed E-state index contributed by atoms with van der Waals surface area (Å²) in [5.41, 5.74) is 6.87. The zero-order chi connectivity index (χ0) is 21.6. The van der Waals surface area contributed by atoms with Gasteiger partial charge in [0.05, 0.1) is 5.69 Å². The van der Waals surface area contributed by atoms with Crippen LogP contribution in [0.5, 0.6) is 0 Å². The van der Waals surface area contributed by atoms with Crippen molar-refractivity contribution in [2.75, 3.05) is 0 Å². The van der Waals surface area contributed by atoms with Gasteiger partial charge in [0, 0.05) is 11.8 Å². The van der Waals surface area contributed by atoms with E-state index >= 15 is 0 Å². The van der Waals surface area contributed by atoms with Gasteiger partial charge in [-0.2, -0.15) is 0 Å². The molecule has 2 aliphatic rings. The summed E-state index contributed by atoms with van der Waals surface area (Å²) >= 11 is 0. The van der Waals surface area contributed by atoms with Crippen LogP contribution in [0.1, 0.15) is 104 Å². The molecule has 0 N–H and O–H groups in total. The van der Waals surface area contributed by atoms with Crippen molar-refractivity contribution in [3.05, 3.63) is 53.7 Å². The summed E-state index contributed by atoms with van der Waals surface area (Å²) in [6.07, 6.45) is 12.5. The van der Waals surface area contributed by atoms with Gasteiger partial charge < -0.3 is 0 Å². The van der Waals surface area contributed by atoms with Crippen molar-refractivity contribution in [3.8, 4) is 11.3 Å². The highest BCUT2D eigenvalue weighted by Crippen LogP contribution is 2.47.